The number of unbranched alkanes of at least 4 members (excludes halogenated alkanes) is 1. The summed E-state index contributed by atoms with van der Waals surface area (Å²) in [6.07, 6.45) is 0.696. The molecule has 1 heterocycles. The van der Waals surface area contributed by atoms with E-state index in [9.17, 15) is 8.42 Å². The number of hydrogen-bond donors (Lipinski definition) is 0. The Bertz CT molecular complexity index is 619. The Labute approximate surface area is 134 Å². The Morgan fingerprint density at radius 2 is 1.95 bits per heavy atom. The van der Waals surface area contributed by atoms with Crippen LogP contribution in [-0.4, -0.2) is 44.7 Å². The van der Waals surface area contributed by atoms with Crippen molar-refractivity contribution in [3.05, 3.63) is 28.7 Å². The molecule has 1 fully saturated rings. The maximum atomic E-state index is 12.1. The predicted octanol–water partition coefficient (Wildman–Crippen LogP) is 2.20. The van der Waals surface area contributed by atoms with Crippen LogP contribution in [0.2, 0.25) is 0 Å². The summed E-state index contributed by atoms with van der Waals surface area (Å²) < 4.78 is 26.9. The van der Waals surface area contributed by atoms with Gasteiger partial charge in [-0.15, -0.1) is 0 Å². The topological polar surface area (TPSA) is 64.4 Å². The van der Waals surface area contributed by atoms with Crippen LogP contribution >= 0.6 is 15.9 Å². The molecule has 1 saturated heterocycles. The summed E-state index contributed by atoms with van der Waals surface area (Å²) in [4.78, 5) is 2.19. The van der Waals surface area contributed by atoms with Crippen LogP contribution in [0.3, 0.4) is 0 Å². The molecule has 1 aromatic carbocycles. The van der Waals surface area contributed by atoms with Gasteiger partial charge in [0.05, 0.1) is 11.8 Å². The summed E-state index contributed by atoms with van der Waals surface area (Å²) in [7, 11) is -3.22. The van der Waals surface area contributed by atoms with E-state index >= 15 is 0 Å². The number of nitrogens with zero attached hydrogens (tertiary/aromatic N) is 3. The summed E-state index contributed by atoms with van der Waals surface area (Å²) in [5.74, 6) is 0.0669. The van der Waals surface area contributed by atoms with Crippen molar-refractivity contribution >= 4 is 31.6 Å². The maximum Gasteiger partial charge on any atom is 0.214 e. The number of anilines is 1. The fourth-order valence-electron chi connectivity index (χ4n) is 2.36. The van der Waals surface area contributed by atoms with Gasteiger partial charge in [-0.3, -0.25) is 0 Å². The highest BCUT2D eigenvalue weighted by Gasteiger charge is 2.26. The van der Waals surface area contributed by atoms with Gasteiger partial charge in [0, 0.05) is 42.8 Å². The Morgan fingerprint density at radius 1 is 1.24 bits per heavy atom. The van der Waals surface area contributed by atoms with Gasteiger partial charge in [-0.2, -0.15) is 9.57 Å². The van der Waals surface area contributed by atoms with Gasteiger partial charge >= 0.3 is 0 Å². The molecule has 5 nitrogen and oxygen atoms in total. The molecule has 7 heteroatoms. The van der Waals surface area contributed by atoms with E-state index in [1.165, 1.54) is 0 Å². The first kappa shape index (κ1) is 16.3. The smallest absolute Gasteiger partial charge is 0.214 e. The number of halogens is 1. The van der Waals surface area contributed by atoms with Crippen LogP contribution in [0.15, 0.2) is 28.7 Å². The Kier molecular flexibility index (Phi) is 5.62. The second kappa shape index (κ2) is 7.25. The molecule has 0 amide bonds. The zero-order valence-electron chi connectivity index (χ0n) is 11.7. The first-order valence-corrected chi connectivity index (χ1v) is 9.28. The molecule has 0 N–H and O–H groups in total. The summed E-state index contributed by atoms with van der Waals surface area (Å²) in [6.45, 7) is 2.38. The lowest BCUT2D eigenvalue weighted by atomic mass is 10.2. The highest BCUT2D eigenvalue weighted by atomic mass is 79.9. The Balaban J connectivity index is 1.92. The lowest BCUT2D eigenvalue weighted by Crippen LogP contribution is -2.49. The third kappa shape index (κ3) is 4.43. The Morgan fingerprint density at radius 3 is 2.57 bits per heavy atom. The number of benzene rings is 1. The molecule has 0 spiro atoms. The molecule has 1 aliphatic rings. The van der Waals surface area contributed by atoms with Gasteiger partial charge in [0.2, 0.25) is 10.0 Å². The van der Waals surface area contributed by atoms with E-state index < -0.39 is 10.0 Å². The minimum atomic E-state index is -3.22. The van der Waals surface area contributed by atoms with Gasteiger partial charge in [-0.25, -0.2) is 8.42 Å². The zero-order valence-corrected chi connectivity index (χ0v) is 14.1. The van der Waals surface area contributed by atoms with Crippen molar-refractivity contribution in [1.82, 2.24) is 4.31 Å². The van der Waals surface area contributed by atoms with E-state index in [2.05, 4.69) is 20.8 Å². The molecule has 21 heavy (non-hydrogen) atoms. The SMILES string of the molecule is N#CCCCS(=O)(=O)N1CCN(c2cccc(Br)c2)CC1. The van der Waals surface area contributed by atoms with Gasteiger partial charge in [-0.05, 0) is 24.6 Å². The average Bonchev–Trinajstić information content (AvgIpc) is 2.47. The highest BCUT2D eigenvalue weighted by molar-refractivity contribution is 9.10. The van der Waals surface area contributed by atoms with Gasteiger partial charge in [0.15, 0.2) is 0 Å². The van der Waals surface area contributed by atoms with E-state index in [1.807, 2.05) is 30.3 Å². The van der Waals surface area contributed by atoms with Crippen LogP contribution in [0, 0.1) is 11.3 Å². The summed E-state index contributed by atoms with van der Waals surface area (Å²) in [5, 5.41) is 8.49. The van der Waals surface area contributed by atoms with Gasteiger partial charge in [-0.1, -0.05) is 22.0 Å². The molecule has 0 aliphatic carbocycles. The van der Waals surface area contributed by atoms with Crippen LogP contribution in [0.1, 0.15) is 12.8 Å². The third-order valence-corrected chi connectivity index (χ3v) is 5.95. The van der Waals surface area contributed by atoms with Crippen LogP contribution in [-0.2, 0) is 10.0 Å². The lowest BCUT2D eigenvalue weighted by molar-refractivity contribution is 0.384. The van der Waals surface area contributed by atoms with E-state index in [4.69, 9.17) is 5.26 Å². The van der Waals surface area contributed by atoms with Crippen molar-refractivity contribution in [2.24, 2.45) is 0 Å². The van der Waals surface area contributed by atoms with E-state index in [0.29, 0.717) is 32.6 Å². The minimum Gasteiger partial charge on any atom is -0.369 e. The molecule has 1 aromatic rings. The number of sulfonamides is 1. The molecule has 1 aliphatic heterocycles. The third-order valence-electron chi connectivity index (χ3n) is 3.50. The van der Waals surface area contributed by atoms with E-state index in [-0.39, 0.29) is 12.2 Å². The quantitative estimate of drug-likeness (QED) is 0.744. The summed E-state index contributed by atoms with van der Waals surface area (Å²) in [6, 6.07) is 10.00. The van der Waals surface area contributed by atoms with Crippen molar-refractivity contribution in [3.8, 4) is 6.07 Å². The molecular weight excluding hydrogens is 354 g/mol. The first-order chi connectivity index (χ1) is 10.0. The predicted molar refractivity (Wildman–Crippen MR) is 86.6 cm³/mol. The molecule has 0 saturated carbocycles. The Hall–Kier alpha value is -1.10. The highest BCUT2D eigenvalue weighted by Crippen LogP contribution is 2.22. The maximum absolute atomic E-state index is 12.1. The number of nitriles is 1. The molecule has 114 valence electrons. The molecular formula is C14H18BrN3O2S. The van der Waals surface area contributed by atoms with E-state index in [1.54, 1.807) is 4.31 Å². The second-order valence-electron chi connectivity index (χ2n) is 4.94. The monoisotopic (exact) mass is 371 g/mol. The van der Waals surface area contributed by atoms with Crippen molar-refractivity contribution < 1.29 is 8.42 Å². The van der Waals surface area contributed by atoms with Crippen molar-refractivity contribution in [3.63, 3.8) is 0 Å². The fourth-order valence-corrected chi connectivity index (χ4v) is 4.23. The molecule has 0 atom stereocenters. The van der Waals surface area contributed by atoms with Crippen LogP contribution in [0.4, 0.5) is 5.69 Å². The summed E-state index contributed by atoms with van der Waals surface area (Å²) in [5.41, 5.74) is 1.10. The lowest BCUT2D eigenvalue weighted by Gasteiger charge is -2.35. The van der Waals surface area contributed by atoms with Crippen LogP contribution < -0.4 is 4.90 Å². The first-order valence-electron chi connectivity index (χ1n) is 6.88. The van der Waals surface area contributed by atoms with Gasteiger partial charge in [0.1, 0.15) is 0 Å². The van der Waals surface area contributed by atoms with Gasteiger partial charge in [0.25, 0.3) is 0 Å². The molecule has 0 radical (unpaired) electrons. The van der Waals surface area contributed by atoms with E-state index in [0.717, 1.165) is 10.2 Å². The molecule has 0 bridgehead atoms. The minimum absolute atomic E-state index is 0.0669. The van der Waals surface area contributed by atoms with Crippen LogP contribution in [0.25, 0.3) is 0 Å². The average molecular weight is 372 g/mol. The fraction of sp³-hybridized carbons (Fsp3) is 0.500. The second-order valence-corrected chi connectivity index (χ2v) is 7.95. The van der Waals surface area contributed by atoms with Crippen molar-refractivity contribution in [1.29, 1.82) is 5.26 Å². The summed E-state index contributed by atoms with van der Waals surface area (Å²) >= 11 is 3.45. The van der Waals surface area contributed by atoms with Crippen molar-refractivity contribution in [2.45, 2.75) is 12.8 Å². The van der Waals surface area contributed by atoms with Gasteiger partial charge < -0.3 is 4.90 Å². The van der Waals surface area contributed by atoms with Crippen molar-refractivity contribution in [2.75, 3.05) is 36.8 Å². The molecule has 0 unspecified atom stereocenters. The van der Waals surface area contributed by atoms with Crippen LogP contribution in [0.5, 0.6) is 0 Å². The standard InChI is InChI=1S/C14H18BrN3O2S/c15-13-4-3-5-14(12-13)17-7-9-18(10-8-17)21(19,20)11-2-1-6-16/h3-5,12H,1-2,7-11H2. The zero-order chi connectivity index (χ0) is 15.3. The molecule has 0 aromatic heterocycles. The molecule has 2 rings (SSSR count). The number of piperazine rings is 1. The number of hydrogen-bond acceptors (Lipinski definition) is 4. The largest absolute Gasteiger partial charge is 0.369 e. The number of rotatable bonds is 5. The normalized spacial score (nSPS) is 16.7.